The minimum Gasteiger partial charge on any atom is -0.489 e. The number of carbonyl (C=O) groups excluding carboxylic acids is 1. The lowest BCUT2D eigenvalue weighted by Gasteiger charge is -2.08. The van der Waals surface area contributed by atoms with Crippen LogP contribution < -0.4 is 16.0 Å². The van der Waals surface area contributed by atoms with Gasteiger partial charge in [-0.2, -0.15) is 0 Å². The molecule has 21 heavy (non-hydrogen) atoms. The molecule has 2 aromatic carbocycles. The highest BCUT2D eigenvalue weighted by molar-refractivity contribution is 6.31. The summed E-state index contributed by atoms with van der Waals surface area (Å²) in [6.45, 7) is 2.40. The van der Waals surface area contributed by atoms with Crippen molar-refractivity contribution in [1.82, 2.24) is 5.43 Å². The summed E-state index contributed by atoms with van der Waals surface area (Å²) in [5, 5.41) is 0.727. The van der Waals surface area contributed by atoms with Gasteiger partial charge in [-0.25, -0.2) is 5.84 Å². The molecule has 1 amide bonds. The minimum absolute atomic E-state index is 0.212. The summed E-state index contributed by atoms with van der Waals surface area (Å²) in [7, 11) is 0. The summed E-state index contributed by atoms with van der Waals surface area (Å²) in [6.07, 6.45) is 0.272. The van der Waals surface area contributed by atoms with Crippen LogP contribution >= 0.6 is 11.6 Å². The van der Waals surface area contributed by atoms with Gasteiger partial charge >= 0.3 is 0 Å². The Morgan fingerprint density at radius 3 is 2.48 bits per heavy atom. The lowest BCUT2D eigenvalue weighted by molar-refractivity contribution is -0.120. The molecule has 0 bridgehead atoms. The van der Waals surface area contributed by atoms with Crippen LogP contribution in [0.25, 0.3) is 0 Å². The SMILES string of the molecule is Cc1cc(OCc2ccc(CC(=O)NN)cc2)ccc1Cl. The zero-order valence-electron chi connectivity index (χ0n) is 11.7. The first-order valence-corrected chi connectivity index (χ1v) is 6.92. The van der Waals surface area contributed by atoms with Crippen molar-refractivity contribution in [3.05, 3.63) is 64.2 Å². The van der Waals surface area contributed by atoms with E-state index in [1.807, 2.05) is 49.4 Å². The van der Waals surface area contributed by atoms with Crippen LogP contribution in [0.4, 0.5) is 0 Å². The number of amides is 1. The number of benzene rings is 2. The Balaban J connectivity index is 1.94. The Bertz CT molecular complexity index is 627. The van der Waals surface area contributed by atoms with E-state index in [0.29, 0.717) is 6.61 Å². The molecule has 0 radical (unpaired) electrons. The molecule has 0 aromatic heterocycles. The molecule has 2 aromatic rings. The van der Waals surface area contributed by atoms with Gasteiger partial charge in [0.05, 0.1) is 6.42 Å². The van der Waals surface area contributed by atoms with Crippen molar-refractivity contribution in [3.8, 4) is 5.75 Å². The molecule has 0 aliphatic carbocycles. The van der Waals surface area contributed by atoms with E-state index in [2.05, 4.69) is 5.43 Å². The molecule has 0 unspecified atom stereocenters. The number of nitrogens with one attached hydrogen (secondary N) is 1. The van der Waals surface area contributed by atoms with Gasteiger partial charge in [0.1, 0.15) is 12.4 Å². The van der Waals surface area contributed by atoms with E-state index in [4.69, 9.17) is 22.2 Å². The zero-order chi connectivity index (χ0) is 15.2. The number of hydrazine groups is 1. The molecule has 2 rings (SSSR count). The van der Waals surface area contributed by atoms with Crippen molar-refractivity contribution in [2.45, 2.75) is 20.0 Å². The molecule has 0 spiro atoms. The fourth-order valence-electron chi connectivity index (χ4n) is 1.86. The molecule has 4 nitrogen and oxygen atoms in total. The molecule has 0 aliphatic rings. The van der Waals surface area contributed by atoms with Crippen LogP contribution in [0, 0.1) is 6.92 Å². The molecule has 0 atom stereocenters. The van der Waals surface area contributed by atoms with Crippen molar-refractivity contribution in [2.75, 3.05) is 0 Å². The van der Waals surface area contributed by atoms with Crippen LogP contribution in [0.1, 0.15) is 16.7 Å². The highest BCUT2D eigenvalue weighted by atomic mass is 35.5. The Labute approximate surface area is 128 Å². The third-order valence-corrected chi connectivity index (χ3v) is 3.51. The summed E-state index contributed by atoms with van der Waals surface area (Å²) in [5.74, 6) is 5.62. The normalized spacial score (nSPS) is 10.2. The van der Waals surface area contributed by atoms with Crippen molar-refractivity contribution in [3.63, 3.8) is 0 Å². The van der Waals surface area contributed by atoms with Gasteiger partial charge in [0.2, 0.25) is 5.91 Å². The van der Waals surface area contributed by atoms with Crippen LogP contribution in [-0.2, 0) is 17.8 Å². The Kier molecular flexibility index (Phi) is 5.20. The molecular weight excluding hydrogens is 288 g/mol. The Morgan fingerprint density at radius 2 is 1.86 bits per heavy atom. The molecule has 0 saturated carbocycles. The van der Waals surface area contributed by atoms with Gasteiger partial charge < -0.3 is 4.74 Å². The summed E-state index contributed by atoms with van der Waals surface area (Å²) < 4.78 is 5.71. The summed E-state index contributed by atoms with van der Waals surface area (Å²) in [6, 6.07) is 13.2. The van der Waals surface area contributed by atoms with Crippen LogP contribution in [0.2, 0.25) is 5.02 Å². The quantitative estimate of drug-likeness (QED) is 0.507. The van der Waals surface area contributed by atoms with Crippen LogP contribution in [0.3, 0.4) is 0 Å². The topological polar surface area (TPSA) is 64.3 Å². The summed E-state index contributed by atoms with van der Waals surface area (Å²) in [5.41, 5.74) is 5.03. The summed E-state index contributed by atoms with van der Waals surface area (Å²) >= 11 is 5.97. The lowest BCUT2D eigenvalue weighted by atomic mass is 10.1. The highest BCUT2D eigenvalue weighted by Gasteiger charge is 2.02. The van der Waals surface area contributed by atoms with Gasteiger partial charge in [-0.3, -0.25) is 10.2 Å². The lowest BCUT2D eigenvalue weighted by Crippen LogP contribution is -2.31. The maximum absolute atomic E-state index is 11.2. The largest absolute Gasteiger partial charge is 0.489 e. The van der Waals surface area contributed by atoms with E-state index in [1.165, 1.54) is 0 Å². The molecule has 0 aliphatic heterocycles. The smallest absolute Gasteiger partial charge is 0.238 e. The van der Waals surface area contributed by atoms with Crippen molar-refractivity contribution in [1.29, 1.82) is 0 Å². The van der Waals surface area contributed by atoms with Gasteiger partial charge in [-0.05, 0) is 41.8 Å². The standard InChI is InChI=1S/C16H17ClN2O2/c1-11-8-14(6-7-15(11)17)21-10-13-4-2-12(3-5-13)9-16(20)19-18/h2-8H,9-10,18H2,1H3,(H,19,20). The van der Waals surface area contributed by atoms with Crippen LogP contribution in [-0.4, -0.2) is 5.91 Å². The first kappa shape index (κ1) is 15.4. The average molecular weight is 305 g/mol. The third-order valence-electron chi connectivity index (χ3n) is 3.08. The van der Waals surface area contributed by atoms with Crippen molar-refractivity contribution in [2.24, 2.45) is 5.84 Å². The van der Waals surface area contributed by atoms with E-state index in [9.17, 15) is 4.79 Å². The fraction of sp³-hybridized carbons (Fsp3) is 0.188. The van der Waals surface area contributed by atoms with E-state index in [-0.39, 0.29) is 12.3 Å². The molecule has 0 saturated heterocycles. The number of rotatable bonds is 5. The molecule has 5 heteroatoms. The maximum atomic E-state index is 11.2. The van der Waals surface area contributed by atoms with Gasteiger partial charge in [-0.1, -0.05) is 35.9 Å². The molecule has 0 fully saturated rings. The maximum Gasteiger partial charge on any atom is 0.238 e. The second-order valence-electron chi connectivity index (χ2n) is 4.76. The number of hydrogen-bond acceptors (Lipinski definition) is 3. The first-order chi connectivity index (χ1) is 10.1. The third kappa shape index (κ3) is 4.48. The van der Waals surface area contributed by atoms with E-state index in [0.717, 1.165) is 27.5 Å². The zero-order valence-corrected chi connectivity index (χ0v) is 12.5. The minimum atomic E-state index is -0.212. The Morgan fingerprint density at radius 1 is 1.19 bits per heavy atom. The van der Waals surface area contributed by atoms with Crippen molar-refractivity contribution < 1.29 is 9.53 Å². The number of aryl methyl sites for hydroxylation is 1. The number of ether oxygens (including phenoxy) is 1. The second kappa shape index (κ2) is 7.11. The number of hydrogen-bond donors (Lipinski definition) is 2. The number of halogens is 1. The molecular formula is C16H17ClN2O2. The average Bonchev–Trinajstić information content (AvgIpc) is 2.50. The summed E-state index contributed by atoms with van der Waals surface area (Å²) in [4.78, 5) is 11.2. The molecule has 110 valence electrons. The predicted molar refractivity (Wildman–Crippen MR) is 83.0 cm³/mol. The van der Waals surface area contributed by atoms with E-state index < -0.39 is 0 Å². The van der Waals surface area contributed by atoms with E-state index >= 15 is 0 Å². The van der Waals surface area contributed by atoms with Gasteiger partial charge in [0, 0.05) is 5.02 Å². The van der Waals surface area contributed by atoms with Crippen LogP contribution in [0.5, 0.6) is 5.75 Å². The van der Waals surface area contributed by atoms with Crippen molar-refractivity contribution >= 4 is 17.5 Å². The monoisotopic (exact) mass is 304 g/mol. The van der Waals surface area contributed by atoms with Gasteiger partial charge in [0.25, 0.3) is 0 Å². The van der Waals surface area contributed by atoms with Crippen LogP contribution in [0.15, 0.2) is 42.5 Å². The molecule has 0 heterocycles. The molecule has 3 N–H and O–H groups in total. The van der Waals surface area contributed by atoms with E-state index in [1.54, 1.807) is 0 Å². The van der Waals surface area contributed by atoms with Gasteiger partial charge in [0.15, 0.2) is 0 Å². The first-order valence-electron chi connectivity index (χ1n) is 6.54. The highest BCUT2D eigenvalue weighted by Crippen LogP contribution is 2.21. The fourth-order valence-corrected chi connectivity index (χ4v) is 1.98. The van der Waals surface area contributed by atoms with Gasteiger partial charge in [-0.15, -0.1) is 0 Å². The number of carbonyl (C=O) groups is 1. The predicted octanol–water partition coefficient (Wildman–Crippen LogP) is 2.76. The second-order valence-corrected chi connectivity index (χ2v) is 5.17. The number of nitrogens with two attached hydrogens (primary N) is 1. The Hall–Kier alpha value is -2.04.